The van der Waals surface area contributed by atoms with Gasteiger partial charge in [0.1, 0.15) is 0 Å². The molecule has 0 spiro atoms. The minimum absolute atomic E-state index is 0.512. The van der Waals surface area contributed by atoms with Gasteiger partial charge in [-0.15, -0.1) is 10.2 Å². The molecule has 2 aromatic rings. The van der Waals surface area contributed by atoms with E-state index in [0.29, 0.717) is 22.5 Å². The second kappa shape index (κ2) is 4.61. The van der Waals surface area contributed by atoms with Crippen LogP contribution in [-0.2, 0) is 12.8 Å². The molecule has 1 aliphatic carbocycles. The van der Waals surface area contributed by atoms with Gasteiger partial charge in [0.15, 0.2) is 0 Å². The number of aryl methyl sites for hydroxylation is 2. The number of hydrogen-bond donors (Lipinski definition) is 1. The van der Waals surface area contributed by atoms with E-state index in [-0.39, 0.29) is 0 Å². The van der Waals surface area contributed by atoms with Gasteiger partial charge in [-0.25, -0.2) is 0 Å². The van der Waals surface area contributed by atoms with Crippen molar-refractivity contribution < 1.29 is 4.42 Å². The largest absolute Gasteiger partial charge is 0.425 e. The van der Waals surface area contributed by atoms with Crippen LogP contribution in [0.25, 0.3) is 0 Å². The van der Waals surface area contributed by atoms with Crippen LogP contribution in [0.1, 0.15) is 36.1 Å². The molecule has 0 amide bonds. The summed E-state index contributed by atoms with van der Waals surface area (Å²) in [5.74, 6) is 2.00. The third-order valence-corrected chi connectivity index (χ3v) is 3.44. The van der Waals surface area contributed by atoms with E-state index in [1.54, 1.807) is 0 Å². The standard InChI is InChI=1S/C13H14ClN3O/c14-10-5-1-8(7-11(10)15)2-6-12-16-17-13(18-12)9-3-4-9/h1,5,7,9H,2-4,6,15H2. The first-order valence-electron chi connectivity index (χ1n) is 6.08. The van der Waals surface area contributed by atoms with Gasteiger partial charge < -0.3 is 10.2 Å². The van der Waals surface area contributed by atoms with E-state index >= 15 is 0 Å². The first-order valence-corrected chi connectivity index (χ1v) is 6.46. The summed E-state index contributed by atoms with van der Waals surface area (Å²) in [6.07, 6.45) is 3.92. The fourth-order valence-corrected chi connectivity index (χ4v) is 1.98. The minimum Gasteiger partial charge on any atom is -0.425 e. The van der Waals surface area contributed by atoms with Crippen molar-refractivity contribution in [2.75, 3.05) is 5.73 Å². The molecule has 18 heavy (non-hydrogen) atoms. The predicted molar refractivity (Wildman–Crippen MR) is 69.5 cm³/mol. The van der Waals surface area contributed by atoms with Crippen LogP contribution >= 0.6 is 11.6 Å². The molecule has 1 aromatic carbocycles. The monoisotopic (exact) mass is 263 g/mol. The van der Waals surface area contributed by atoms with Crippen LogP contribution in [0.3, 0.4) is 0 Å². The highest BCUT2D eigenvalue weighted by Crippen LogP contribution is 2.39. The number of rotatable bonds is 4. The van der Waals surface area contributed by atoms with E-state index in [1.807, 2.05) is 18.2 Å². The third kappa shape index (κ3) is 2.48. The number of nitrogens with zero attached hydrogens (tertiary/aromatic N) is 2. The number of halogens is 1. The van der Waals surface area contributed by atoms with Crippen LogP contribution in [-0.4, -0.2) is 10.2 Å². The summed E-state index contributed by atoms with van der Waals surface area (Å²) in [6, 6.07) is 5.67. The van der Waals surface area contributed by atoms with Gasteiger partial charge in [0.2, 0.25) is 11.8 Å². The number of nitrogens with two attached hydrogens (primary N) is 1. The Labute approximate surface area is 110 Å². The molecule has 4 nitrogen and oxygen atoms in total. The van der Waals surface area contributed by atoms with Crippen LogP contribution in [0.2, 0.25) is 5.02 Å². The van der Waals surface area contributed by atoms with Crippen molar-refractivity contribution in [1.82, 2.24) is 10.2 Å². The molecule has 0 bridgehead atoms. The Bertz CT molecular complexity index is 563. The highest BCUT2D eigenvalue weighted by molar-refractivity contribution is 6.33. The lowest BCUT2D eigenvalue weighted by molar-refractivity contribution is 0.450. The normalized spacial score (nSPS) is 14.9. The number of anilines is 1. The van der Waals surface area contributed by atoms with E-state index in [0.717, 1.165) is 24.3 Å². The van der Waals surface area contributed by atoms with Crippen molar-refractivity contribution >= 4 is 17.3 Å². The number of benzene rings is 1. The van der Waals surface area contributed by atoms with Gasteiger partial charge in [0.05, 0.1) is 10.7 Å². The topological polar surface area (TPSA) is 64.9 Å². The summed E-state index contributed by atoms with van der Waals surface area (Å²) >= 11 is 5.88. The molecule has 5 heteroatoms. The van der Waals surface area contributed by atoms with Gasteiger partial charge in [0, 0.05) is 12.3 Å². The first kappa shape index (κ1) is 11.5. The Kier molecular flexibility index (Phi) is 2.96. The summed E-state index contributed by atoms with van der Waals surface area (Å²) in [7, 11) is 0. The molecule has 94 valence electrons. The molecule has 0 atom stereocenters. The molecule has 3 rings (SSSR count). The summed E-state index contributed by atoms with van der Waals surface area (Å²) in [5, 5.41) is 8.71. The highest BCUT2D eigenvalue weighted by atomic mass is 35.5. The molecule has 2 N–H and O–H groups in total. The van der Waals surface area contributed by atoms with Gasteiger partial charge in [0.25, 0.3) is 0 Å². The molecule has 0 radical (unpaired) electrons. The van der Waals surface area contributed by atoms with Crippen molar-refractivity contribution in [2.24, 2.45) is 0 Å². The van der Waals surface area contributed by atoms with Gasteiger partial charge in [-0.3, -0.25) is 0 Å². The zero-order valence-electron chi connectivity index (χ0n) is 9.90. The highest BCUT2D eigenvalue weighted by Gasteiger charge is 2.29. The Morgan fingerprint density at radius 3 is 2.83 bits per heavy atom. The van der Waals surface area contributed by atoms with Crippen molar-refractivity contribution in [3.63, 3.8) is 0 Å². The quantitative estimate of drug-likeness (QED) is 0.862. The first-order chi connectivity index (χ1) is 8.72. The molecular formula is C13H14ClN3O. The molecule has 0 aliphatic heterocycles. The number of nitrogen functional groups attached to an aromatic ring is 1. The van der Waals surface area contributed by atoms with Gasteiger partial charge in [-0.2, -0.15) is 0 Å². The molecule has 0 unspecified atom stereocenters. The summed E-state index contributed by atoms with van der Waals surface area (Å²) in [4.78, 5) is 0. The molecule has 1 aromatic heterocycles. The van der Waals surface area contributed by atoms with Crippen LogP contribution < -0.4 is 5.73 Å². The molecule has 1 heterocycles. The fraction of sp³-hybridized carbons (Fsp3) is 0.385. The Morgan fingerprint density at radius 1 is 1.28 bits per heavy atom. The van der Waals surface area contributed by atoms with E-state index in [1.165, 1.54) is 12.8 Å². The number of hydrogen-bond acceptors (Lipinski definition) is 4. The van der Waals surface area contributed by atoms with E-state index in [4.69, 9.17) is 21.8 Å². The Morgan fingerprint density at radius 2 is 2.11 bits per heavy atom. The molecule has 1 saturated carbocycles. The second-order valence-corrected chi connectivity index (χ2v) is 5.07. The Balaban J connectivity index is 1.63. The van der Waals surface area contributed by atoms with Crippen molar-refractivity contribution in [3.8, 4) is 0 Å². The van der Waals surface area contributed by atoms with E-state index in [2.05, 4.69) is 10.2 Å². The average Bonchev–Trinajstić information content (AvgIpc) is 3.11. The second-order valence-electron chi connectivity index (χ2n) is 4.66. The smallest absolute Gasteiger partial charge is 0.219 e. The molecule has 1 fully saturated rings. The molecular weight excluding hydrogens is 250 g/mol. The predicted octanol–water partition coefficient (Wildman–Crippen LogP) is 2.97. The minimum atomic E-state index is 0.512. The van der Waals surface area contributed by atoms with Crippen molar-refractivity contribution in [2.45, 2.75) is 31.6 Å². The van der Waals surface area contributed by atoms with Crippen molar-refractivity contribution in [1.29, 1.82) is 0 Å². The van der Waals surface area contributed by atoms with E-state index < -0.39 is 0 Å². The molecule has 0 saturated heterocycles. The summed E-state index contributed by atoms with van der Waals surface area (Å²) in [6.45, 7) is 0. The maximum absolute atomic E-state index is 5.88. The Hall–Kier alpha value is -1.55. The van der Waals surface area contributed by atoms with E-state index in [9.17, 15) is 0 Å². The van der Waals surface area contributed by atoms with Gasteiger partial charge >= 0.3 is 0 Å². The lowest BCUT2D eigenvalue weighted by Gasteiger charge is -2.02. The zero-order valence-corrected chi connectivity index (χ0v) is 10.7. The maximum Gasteiger partial charge on any atom is 0.219 e. The van der Waals surface area contributed by atoms with Crippen LogP contribution in [0.4, 0.5) is 5.69 Å². The van der Waals surface area contributed by atoms with Gasteiger partial charge in [-0.1, -0.05) is 17.7 Å². The fourth-order valence-electron chi connectivity index (χ4n) is 1.86. The SMILES string of the molecule is Nc1cc(CCc2nnc(C3CC3)o2)ccc1Cl. The lowest BCUT2D eigenvalue weighted by atomic mass is 10.1. The average molecular weight is 264 g/mol. The van der Waals surface area contributed by atoms with Crippen LogP contribution in [0, 0.1) is 0 Å². The lowest BCUT2D eigenvalue weighted by Crippen LogP contribution is -1.94. The number of aromatic nitrogens is 2. The molecule has 1 aliphatic rings. The van der Waals surface area contributed by atoms with Crippen LogP contribution in [0.5, 0.6) is 0 Å². The van der Waals surface area contributed by atoms with Crippen molar-refractivity contribution in [3.05, 3.63) is 40.6 Å². The summed E-state index contributed by atoms with van der Waals surface area (Å²) in [5.41, 5.74) is 7.50. The third-order valence-electron chi connectivity index (χ3n) is 3.10. The summed E-state index contributed by atoms with van der Waals surface area (Å²) < 4.78 is 5.60. The van der Waals surface area contributed by atoms with Gasteiger partial charge in [-0.05, 0) is 37.0 Å². The van der Waals surface area contributed by atoms with Crippen LogP contribution in [0.15, 0.2) is 22.6 Å². The maximum atomic E-state index is 5.88. The zero-order chi connectivity index (χ0) is 12.5.